The van der Waals surface area contributed by atoms with Crippen LogP contribution in [-0.4, -0.2) is 45.9 Å². The number of rotatable bonds is 7. The van der Waals surface area contributed by atoms with E-state index in [2.05, 4.69) is 15.5 Å². The maximum absolute atomic E-state index is 12.4. The molecule has 0 saturated carbocycles. The number of hydrogen-bond donors (Lipinski definition) is 3. The molecule has 0 radical (unpaired) electrons. The molecule has 0 unspecified atom stereocenters. The van der Waals surface area contributed by atoms with Crippen LogP contribution in [0.4, 0.5) is 0 Å². The van der Waals surface area contributed by atoms with Crippen molar-refractivity contribution in [1.82, 2.24) is 15.5 Å². The predicted octanol–water partition coefficient (Wildman–Crippen LogP) is 2.57. The van der Waals surface area contributed by atoms with Gasteiger partial charge >= 0.3 is 0 Å². The Balaban J connectivity index is 2.14. The van der Waals surface area contributed by atoms with Crippen molar-refractivity contribution in [3.63, 3.8) is 0 Å². The molecule has 7 heteroatoms. The number of aromatic amines is 1. The van der Waals surface area contributed by atoms with Crippen molar-refractivity contribution in [2.75, 3.05) is 18.6 Å². The van der Waals surface area contributed by atoms with Crippen molar-refractivity contribution >= 4 is 29.3 Å². The molecule has 1 atom stereocenters. The topological polar surface area (TPSA) is 78.0 Å². The van der Waals surface area contributed by atoms with Crippen LogP contribution >= 0.6 is 23.4 Å². The number of aliphatic hydroxyl groups excluding tert-OH is 1. The van der Waals surface area contributed by atoms with Crippen molar-refractivity contribution in [3.05, 3.63) is 41.0 Å². The van der Waals surface area contributed by atoms with Crippen molar-refractivity contribution in [2.45, 2.75) is 12.5 Å². The number of amides is 1. The molecule has 1 heterocycles. The molecule has 0 aliphatic heterocycles. The number of benzene rings is 1. The lowest BCUT2D eigenvalue weighted by molar-refractivity contribution is 0.0916. The minimum atomic E-state index is -0.257. The van der Waals surface area contributed by atoms with Gasteiger partial charge in [0, 0.05) is 10.6 Å². The molecule has 0 aliphatic carbocycles. The Morgan fingerprint density at radius 2 is 2.18 bits per heavy atom. The Hall–Kier alpha value is -1.50. The molecule has 2 aromatic rings. The minimum absolute atomic E-state index is 0.0829. The number of carbonyl (C=O) groups excluding carboxylic acids is 1. The molecule has 0 saturated heterocycles. The zero-order valence-corrected chi connectivity index (χ0v) is 13.7. The smallest absolute Gasteiger partial charge is 0.255 e. The standard InChI is InChI=1S/C15H18ClN3O2S/c1-22-7-6-12(9-20)18-15(21)13-8-17-19-14(13)10-2-4-11(16)5-3-10/h2-5,8,12,20H,6-7,9H2,1H3,(H,17,19)(H,18,21)/t12-/m0/s1. The van der Waals surface area contributed by atoms with Crippen LogP contribution in [0.15, 0.2) is 30.5 Å². The van der Waals surface area contributed by atoms with Gasteiger partial charge in [-0.15, -0.1) is 0 Å². The monoisotopic (exact) mass is 339 g/mol. The van der Waals surface area contributed by atoms with E-state index in [1.54, 1.807) is 23.9 Å². The molecule has 0 spiro atoms. The summed E-state index contributed by atoms with van der Waals surface area (Å²) in [5.74, 6) is 0.625. The van der Waals surface area contributed by atoms with Crippen molar-refractivity contribution in [1.29, 1.82) is 0 Å². The summed E-state index contributed by atoms with van der Waals surface area (Å²) in [4.78, 5) is 12.4. The van der Waals surface area contributed by atoms with Gasteiger partial charge in [0.05, 0.1) is 30.1 Å². The molecule has 0 bridgehead atoms. The fourth-order valence-corrected chi connectivity index (χ4v) is 2.67. The highest BCUT2D eigenvalue weighted by Crippen LogP contribution is 2.23. The van der Waals surface area contributed by atoms with Gasteiger partial charge in [-0.25, -0.2) is 0 Å². The highest BCUT2D eigenvalue weighted by atomic mass is 35.5. The summed E-state index contributed by atoms with van der Waals surface area (Å²) in [6, 6.07) is 6.91. The number of thioether (sulfide) groups is 1. The summed E-state index contributed by atoms with van der Waals surface area (Å²) >= 11 is 7.55. The van der Waals surface area contributed by atoms with E-state index in [-0.39, 0.29) is 18.6 Å². The van der Waals surface area contributed by atoms with Gasteiger partial charge in [0.2, 0.25) is 0 Å². The first-order chi connectivity index (χ1) is 10.7. The van der Waals surface area contributed by atoms with E-state index < -0.39 is 0 Å². The van der Waals surface area contributed by atoms with Crippen molar-refractivity contribution < 1.29 is 9.90 Å². The molecular weight excluding hydrogens is 322 g/mol. The van der Waals surface area contributed by atoms with E-state index in [0.717, 1.165) is 17.7 Å². The summed E-state index contributed by atoms with van der Waals surface area (Å²) in [5.41, 5.74) is 1.91. The number of aromatic nitrogens is 2. The first-order valence-corrected chi connectivity index (χ1v) is 8.63. The van der Waals surface area contributed by atoms with Crippen LogP contribution in [0.25, 0.3) is 11.3 Å². The summed E-state index contributed by atoms with van der Waals surface area (Å²) < 4.78 is 0. The molecule has 118 valence electrons. The van der Waals surface area contributed by atoms with Crippen LogP contribution < -0.4 is 5.32 Å². The largest absolute Gasteiger partial charge is 0.394 e. The van der Waals surface area contributed by atoms with Gasteiger partial charge in [-0.3, -0.25) is 9.89 Å². The number of hydrogen-bond acceptors (Lipinski definition) is 4. The number of halogens is 1. The van der Waals surface area contributed by atoms with E-state index in [1.165, 1.54) is 6.20 Å². The Labute approximate surface area is 138 Å². The normalized spacial score (nSPS) is 12.1. The van der Waals surface area contributed by atoms with Crippen molar-refractivity contribution in [2.24, 2.45) is 0 Å². The third-order valence-electron chi connectivity index (χ3n) is 3.24. The first kappa shape index (κ1) is 16.9. The molecule has 0 fully saturated rings. The highest BCUT2D eigenvalue weighted by Gasteiger charge is 2.18. The summed E-state index contributed by atoms with van der Waals surface area (Å²) in [7, 11) is 0. The van der Waals surface area contributed by atoms with Crippen LogP contribution in [0.2, 0.25) is 5.02 Å². The zero-order valence-electron chi connectivity index (χ0n) is 12.2. The predicted molar refractivity (Wildman–Crippen MR) is 90.4 cm³/mol. The maximum atomic E-state index is 12.4. The minimum Gasteiger partial charge on any atom is -0.394 e. The lowest BCUT2D eigenvalue weighted by Crippen LogP contribution is -2.38. The molecule has 3 N–H and O–H groups in total. The van der Waals surface area contributed by atoms with Gasteiger partial charge in [-0.1, -0.05) is 23.7 Å². The van der Waals surface area contributed by atoms with Gasteiger partial charge in [0.1, 0.15) is 0 Å². The molecule has 0 aliphatic rings. The second kappa shape index (κ2) is 8.22. The number of aliphatic hydroxyl groups is 1. The van der Waals surface area contributed by atoms with E-state index >= 15 is 0 Å². The van der Waals surface area contributed by atoms with E-state index in [9.17, 15) is 9.90 Å². The molecule has 2 rings (SSSR count). The maximum Gasteiger partial charge on any atom is 0.255 e. The number of nitrogens with one attached hydrogen (secondary N) is 2. The number of nitrogens with zero attached hydrogens (tertiary/aromatic N) is 1. The lowest BCUT2D eigenvalue weighted by Gasteiger charge is -2.15. The quantitative estimate of drug-likeness (QED) is 0.724. The molecule has 1 aromatic heterocycles. The second-order valence-corrected chi connectivity index (χ2v) is 6.22. The first-order valence-electron chi connectivity index (χ1n) is 6.85. The molecule has 1 amide bonds. The molecular formula is C15H18ClN3O2S. The third-order valence-corrected chi connectivity index (χ3v) is 4.14. The Morgan fingerprint density at radius 1 is 1.45 bits per heavy atom. The summed E-state index contributed by atoms with van der Waals surface area (Å²) in [6.07, 6.45) is 4.20. The second-order valence-electron chi connectivity index (χ2n) is 4.80. The number of carbonyl (C=O) groups is 1. The van der Waals surface area contributed by atoms with Crippen molar-refractivity contribution in [3.8, 4) is 11.3 Å². The molecule has 5 nitrogen and oxygen atoms in total. The Kier molecular flexibility index (Phi) is 6.30. The third kappa shape index (κ3) is 4.25. The average Bonchev–Trinajstić information content (AvgIpc) is 3.01. The average molecular weight is 340 g/mol. The van der Waals surface area contributed by atoms with E-state index in [1.807, 2.05) is 18.4 Å². The van der Waals surface area contributed by atoms with Crippen LogP contribution in [0.5, 0.6) is 0 Å². The van der Waals surface area contributed by atoms with E-state index in [0.29, 0.717) is 16.3 Å². The van der Waals surface area contributed by atoms with Crippen LogP contribution in [0, 0.1) is 0 Å². The van der Waals surface area contributed by atoms with Gasteiger partial charge in [-0.2, -0.15) is 16.9 Å². The van der Waals surface area contributed by atoms with Gasteiger partial charge in [-0.05, 0) is 30.6 Å². The van der Waals surface area contributed by atoms with Gasteiger partial charge in [0.25, 0.3) is 5.91 Å². The SMILES string of the molecule is CSCC[C@@H](CO)NC(=O)c1cn[nH]c1-c1ccc(Cl)cc1. The lowest BCUT2D eigenvalue weighted by atomic mass is 10.1. The Morgan fingerprint density at radius 3 is 2.82 bits per heavy atom. The molecule has 22 heavy (non-hydrogen) atoms. The summed E-state index contributed by atoms with van der Waals surface area (Å²) in [5, 5.41) is 19.6. The molecule has 1 aromatic carbocycles. The van der Waals surface area contributed by atoms with Gasteiger partial charge in [0.15, 0.2) is 0 Å². The van der Waals surface area contributed by atoms with Crippen LogP contribution in [0.3, 0.4) is 0 Å². The highest BCUT2D eigenvalue weighted by molar-refractivity contribution is 7.98. The fourth-order valence-electron chi connectivity index (χ4n) is 2.03. The van der Waals surface area contributed by atoms with Crippen LogP contribution in [-0.2, 0) is 0 Å². The van der Waals surface area contributed by atoms with Crippen LogP contribution in [0.1, 0.15) is 16.8 Å². The van der Waals surface area contributed by atoms with E-state index in [4.69, 9.17) is 11.6 Å². The van der Waals surface area contributed by atoms with Gasteiger partial charge < -0.3 is 10.4 Å². The number of H-pyrrole nitrogens is 1. The Bertz CT molecular complexity index is 616. The zero-order chi connectivity index (χ0) is 15.9. The fraction of sp³-hybridized carbons (Fsp3) is 0.333. The summed E-state index contributed by atoms with van der Waals surface area (Å²) in [6.45, 7) is -0.0829.